The number of hydrogen-bond donors (Lipinski definition) is 1. The molecular formula is C25H18ClN5O4S2. The van der Waals surface area contributed by atoms with Gasteiger partial charge in [-0.1, -0.05) is 47.1 Å². The van der Waals surface area contributed by atoms with E-state index in [4.69, 9.17) is 16.1 Å². The van der Waals surface area contributed by atoms with Gasteiger partial charge in [0.05, 0.1) is 21.8 Å². The lowest BCUT2D eigenvalue weighted by atomic mass is 10.2. The first-order valence-electron chi connectivity index (χ1n) is 10.9. The van der Waals surface area contributed by atoms with Gasteiger partial charge in [-0.15, -0.1) is 11.3 Å². The molecule has 0 aliphatic carbocycles. The number of halogens is 1. The van der Waals surface area contributed by atoms with Crippen molar-refractivity contribution >= 4 is 44.4 Å². The highest BCUT2D eigenvalue weighted by atomic mass is 35.5. The first-order valence-corrected chi connectivity index (χ1v) is 13.7. The van der Waals surface area contributed by atoms with Crippen LogP contribution in [0.1, 0.15) is 20.9 Å². The molecule has 0 unspecified atom stereocenters. The number of aryl methyl sites for hydroxylation is 1. The van der Waals surface area contributed by atoms with Gasteiger partial charge in [0, 0.05) is 16.1 Å². The van der Waals surface area contributed by atoms with Crippen molar-refractivity contribution in [3.63, 3.8) is 0 Å². The highest BCUT2D eigenvalue weighted by Gasteiger charge is 2.23. The van der Waals surface area contributed by atoms with Crippen molar-refractivity contribution in [2.45, 2.75) is 17.8 Å². The van der Waals surface area contributed by atoms with E-state index >= 15 is 0 Å². The zero-order chi connectivity index (χ0) is 26.0. The third-order valence-electron chi connectivity index (χ3n) is 5.19. The number of carbonyl (C=O) groups is 1. The Morgan fingerprint density at radius 1 is 1.03 bits per heavy atom. The van der Waals surface area contributed by atoms with E-state index in [-0.39, 0.29) is 16.5 Å². The topological polar surface area (TPSA) is 128 Å². The molecule has 0 spiro atoms. The second kappa shape index (κ2) is 10.2. The molecule has 0 bridgehead atoms. The predicted molar refractivity (Wildman–Crippen MR) is 140 cm³/mol. The first-order chi connectivity index (χ1) is 17.8. The Morgan fingerprint density at radius 3 is 2.49 bits per heavy atom. The number of anilines is 1. The maximum absolute atomic E-state index is 12.9. The van der Waals surface area contributed by atoms with Gasteiger partial charge >= 0.3 is 0 Å². The molecule has 1 N–H and O–H groups in total. The Bertz CT molecular complexity index is 1680. The number of aromatic nitrogens is 4. The fourth-order valence-electron chi connectivity index (χ4n) is 3.40. The van der Waals surface area contributed by atoms with Gasteiger partial charge in [-0.3, -0.25) is 4.79 Å². The molecule has 2 aromatic carbocycles. The third kappa shape index (κ3) is 5.58. The minimum atomic E-state index is -3.90. The van der Waals surface area contributed by atoms with Crippen molar-refractivity contribution in [2.24, 2.45) is 0 Å². The number of benzene rings is 2. The summed E-state index contributed by atoms with van der Waals surface area (Å²) in [6, 6.07) is 19.3. The molecule has 0 saturated heterocycles. The molecule has 5 aromatic rings. The molecule has 0 fully saturated rings. The summed E-state index contributed by atoms with van der Waals surface area (Å²) in [6.07, 6.45) is 1.10. The van der Waals surface area contributed by atoms with E-state index in [0.717, 1.165) is 16.0 Å². The number of hydrogen-bond acceptors (Lipinski definition) is 9. The predicted octanol–water partition coefficient (Wildman–Crippen LogP) is 5.44. The van der Waals surface area contributed by atoms with Crippen LogP contribution in [-0.2, 0) is 15.6 Å². The van der Waals surface area contributed by atoms with Crippen LogP contribution >= 0.6 is 22.9 Å². The van der Waals surface area contributed by atoms with Crippen LogP contribution in [0.3, 0.4) is 0 Å². The standard InChI is InChI=1S/C25H18ClN5O4S2/c1-15-7-12-20(36-15)22-30-24(35-31-22)17-8-10-18(11-9-17)28-23(32)21-19(26)13-27-25(29-21)37(33,34)14-16-5-3-2-4-6-16/h2-13H,14H2,1H3,(H,28,32). The molecule has 9 nitrogen and oxygen atoms in total. The van der Waals surface area contributed by atoms with Crippen LogP contribution in [-0.4, -0.2) is 34.4 Å². The van der Waals surface area contributed by atoms with Gasteiger partial charge in [-0.25, -0.2) is 18.4 Å². The molecule has 12 heteroatoms. The van der Waals surface area contributed by atoms with E-state index in [9.17, 15) is 13.2 Å². The van der Waals surface area contributed by atoms with E-state index < -0.39 is 20.9 Å². The molecule has 0 aliphatic heterocycles. The molecule has 5 rings (SSSR count). The molecule has 3 aromatic heterocycles. The lowest BCUT2D eigenvalue weighted by Crippen LogP contribution is -2.18. The molecule has 0 aliphatic rings. The van der Waals surface area contributed by atoms with Crippen LogP contribution in [0.2, 0.25) is 5.02 Å². The van der Waals surface area contributed by atoms with Gasteiger partial charge in [0.2, 0.25) is 20.8 Å². The van der Waals surface area contributed by atoms with Crippen molar-refractivity contribution in [1.29, 1.82) is 0 Å². The number of carbonyl (C=O) groups excluding carboxylic acids is 1. The summed E-state index contributed by atoms with van der Waals surface area (Å²) in [5.74, 6) is -0.140. The summed E-state index contributed by atoms with van der Waals surface area (Å²) in [4.78, 5) is 27.1. The van der Waals surface area contributed by atoms with Gasteiger partial charge in [-0.2, -0.15) is 4.98 Å². The summed E-state index contributed by atoms with van der Waals surface area (Å²) in [5.41, 5.74) is 1.43. The highest BCUT2D eigenvalue weighted by Crippen LogP contribution is 2.28. The summed E-state index contributed by atoms with van der Waals surface area (Å²) >= 11 is 7.69. The van der Waals surface area contributed by atoms with Gasteiger partial charge in [0.1, 0.15) is 0 Å². The number of nitrogens with zero attached hydrogens (tertiary/aromatic N) is 4. The molecule has 37 heavy (non-hydrogen) atoms. The second-order valence-corrected chi connectivity index (χ2v) is 11.5. The van der Waals surface area contributed by atoms with Crippen molar-refractivity contribution in [1.82, 2.24) is 20.1 Å². The highest BCUT2D eigenvalue weighted by molar-refractivity contribution is 7.90. The number of sulfone groups is 1. The molecule has 1 amide bonds. The average molecular weight is 552 g/mol. The Hall–Kier alpha value is -3.93. The fraction of sp³-hybridized carbons (Fsp3) is 0.0800. The molecule has 3 heterocycles. The third-order valence-corrected chi connectivity index (χ3v) is 7.93. The van der Waals surface area contributed by atoms with Gasteiger partial charge in [-0.05, 0) is 48.9 Å². The summed E-state index contributed by atoms with van der Waals surface area (Å²) in [7, 11) is -3.90. The Kier molecular flexibility index (Phi) is 6.83. The average Bonchev–Trinajstić information content (AvgIpc) is 3.54. The fourth-order valence-corrected chi connectivity index (χ4v) is 5.57. The van der Waals surface area contributed by atoms with E-state index in [1.807, 2.05) is 19.1 Å². The zero-order valence-electron chi connectivity index (χ0n) is 19.3. The maximum Gasteiger partial charge on any atom is 0.275 e. The number of amides is 1. The van der Waals surface area contributed by atoms with E-state index in [1.165, 1.54) is 0 Å². The van der Waals surface area contributed by atoms with Crippen LogP contribution in [0.4, 0.5) is 5.69 Å². The Balaban J connectivity index is 1.31. The summed E-state index contributed by atoms with van der Waals surface area (Å²) < 4.78 is 31.0. The lowest BCUT2D eigenvalue weighted by Gasteiger charge is -2.08. The number of rotatable bonds is 7. The van der Waals surface area contributed by atoms with Crippen LogP contribution in [0.25, 0.3) is 22.2 Å². The van der Waals surface area contributed by atoms with Crippen LogP contribution < -0.4 is 5.32 Å². The molecule has 186 valence electrons. The SMILES string of the molecule is Cc1ccc(-c2noc(-c3ccc(NC(=O)c4nc(S(=O)(=O)Cc5ccccc5)ncc4Cl)cc3)n2)s1. The molecule has 0 radical (unpaired) electrons. The maximum atomic E-state index is 12.9. The lowest BCUT2D eigenvalue weighted by molar-refractivity contribution is 0.102. The van der Waals surface area contributed by atoms with E-state index in [2.05, 4.69) is 25.4 Å². The molecule has 0 saturated carbocycles. The first kappa shape index (κ1) is 24.8. The van der Waals surface area contributed by atoms with Gasteiger partial charge in [0.25, 0.3) is 11.8 Å². The van der Waals surface area contributed by atoms with E-state index in [1.54, 1.807) is 65.9 Å². The normalized spacial score (nSPS) is 11.4. The van der Waals surface area contributed by atoms with Gasteiger partial charge in [0.15, 0.2) is 5.69 Å². The van der Waals surface area contributed by atoms with Crippen LogP contribution in [0.5, 0.6) is 0 Å². The van der Waals surface area contributed by atoms with E-state index in [0.29, 0.717) is 28.5 Å². The van der Waals surface area contributed by atoms with Crippen molar-refractivity contribution < 1.29 is 17.7 Å². The Labute approximate surface area is 221 Å². The number of thiophene rings is 1. The quantitative estimate of drug-likeness (QED) is 0.265. The van der Waals surface area contributed by atoms with Gasteiger partial charge < -0.3 is 9.84 Å². The van der Waals surface area contributed by atoms with Crippen LogP contribution in [0.15, 0.2) is 82.6 Å². The molecular weight excluding hydrogens is 534 g/mol. The largest absolute Gasteiger partial charge is 0.334 e. The van der Waals surface area contributed by atoms with Crippen molar-refractivity contribution in [3.8, 4) is 22.2 Å². The molecule has 0 atom stereocenters. The summed E-state index contributed by atoms with van der Waals surface area (Å²) in [6.45, 7) is 2.00. The zero-order valence-corrected chi connectivity index (χ0v) is 21.6. The smallest absolute Gasteiger partial charge is 0.275 e. The minimum absolute atomic E-state index is 0.0741. The monoisotopic (exact) mass is 551 g/mol. The minimum Gasteiger partial charge on any atom is -0.334 e. The van der Waals surface area contributed by atoms with Crippen molar-refractivity contribution in [2.75, 3.05) is 5.32 Å². The number of nitrogens with one attached hydrogen (secondary N) is 1. The van der Waals surface area contributed by atoms with Crippen molar-refractivity contribution in [3.05, 3.63) is 94.1 Å². The second-order valence-electron chi connectivity index (χ2n) is 7.96. The summed E-state index contributed by atoms with van der Waals surface area (Å²) in [5, 5.41) is 6.14. The Morgan fingerprint density at radius 2 is 1.78 bits per heavy atom. The van der Waals surface area contributed by atoms with Crippen LogP contribution in [0, 0.1) is 6.92 Å².